The van der Waals surface area contributed by atoms with Gasteiger partial charge in [-0.05, 0) is 49.3 Å². The van der Waals surface area contributed by atoms with E-state index in [0.29, 0.717) is 23.9 Å². The average Bonchev–Trinajstić information content (AvgIpc) is 2.65. The lowest BCUT2D eigenvalue weighted by atomic mass is 9.87. The Kier molecular flexibility index (Phi) is 7.10. The van der Waals surface area contributed by atoms with E-state index in [2.05, 4.69) is 22.5 Å². The van der Waals surface area contributed by atoms with Crippen LogP contribution in [0.4, 0.5) is 0 Å². The third-order valence-corrected chi connectivity index (χ3v) is 4.71. The summed E-state index contributed by atoms with van der Waals surface area (Å²) in [6, 6.07) is 5.96. The number of rotatable bonds is 5. The van der Waals surface area contributed by atoms with Crippen LogP contribution in [0.15, 0.2) is 23.2 Å². The van der Waals surface area contributed by atoms with Gasteiger partial charge in [-0.1, -0.05) is 13.0 Å². The summed E-state index contributed by atoms with van der Waals surface area (Å²) < 4.78 is 10.0. The van der Waals surface area contributed by atoms with Crippen molar-refractivity contribution in [2.75, 3.05) is 21.3 Å². The van der Waals surface area contributed by atoms with Gasteiger partial charge in [0.15, 0.2) is 5.96 Å². The van der Waals surface area contributed by atoms with E-state index in [1.807, 2.05) is 6.07 Å². The number of ether oxygens (including phenoxy) is 2. The molecule has 0 heterocycles. The molecule has 0 aromatic heterocycles. The maximum Gasteiger partial charge on any atom is 0.341 e. The lowest BCUT2D eigenvalue weighted by molar-refractivity contribution is 0.0597. The molecule has 1 aromatic rings. The first-order valence-electron chi connectivity index (χ1n) is 8.79. The molecule has 0 spiro atoms. The summed E-state index contributed by atoms with van der Waals surface area (Å²) in [6.45, 7) is 2.88. The summed E-state index contributed by atoms with van der Waals surface area (Å²) in [7, 11) is 4.68. The van der Waals surface area contributed by atoms with Crippen LogP contribution in [-0.4, -0.2) is 39.2 Å². The largest absolute Gasteiger partial charge is 0.496 e. The Labute approximate surface area is 150 Å². The second-order valence-corrected chi connectivity index (χ2v) is 6.55. The number of hydrogen-bond donors (Lipinski definition) is 2. The molecule has 0 saturated heterocycles. The highest BCUT2D eigenvalue weighted by Crippen LogP contribution is 2.23. The lowest BCUT2D eigenvalue weighted by Gasteiger charge is -2.28. The van der Waals surface area contributed by atoms with Gasteiger partial charge in [-0.15, -0.1) is 0 Å². The third kappa shape index (κ3) is 5.37. The molecular weight excluding hydrogens is 318 g/mol. The molecule has 2 N–H and O–H groups in total. The van der Waals surface area contributed by atoms with Crippen molar-refractivity contribution in [2.24, 2.45) is 10.9 Å². The molecule has 1 aliphatic rings. The molecule has 2 rings (SSSR count). The van der Waals surface area contributed by atoms with E-state index in [4.69, 9.17) is 9.47 Å². The van der Waals surface area contributed by atoms with Crippen molar-refractivity contribution < 1.29 is 14.3 Å². The fraction of sp³-hybridized carbons (Fsp3) is 0.579. The second kappa shape index (κ2) is 9.30. The van der Waals surface area contributed by atoms with Crippen molar-refractivity contribution >= 4 is 11.9 Å². The van der Waals surface area contributed by atoms with E-state index in [1.165, 1.54) is 39.9 Å². The number of carbonyl (C=O) groups excluding carboxylic acids is 1. The van der Waals surface area contributed by atoms with Gasteiger partial charge in [-0.2, -0.15) is 0 Å². The summed E-state index contributed by atoms with van der Waals surface area (Å²) in [5, 5.41) is 6.80. The highest BCUT2D eigenvalue weighted by molar-refractivity contribution is 5.92. The van der Waals surface area contributed by atoms with Crippen molar-refractivity contribution in [3.63, 3.8) is 0 Å². The molecule has 0 amide bonds. The Morgan fingerprint density at radius 1 is 1.24 bits per heavy atom. The Hall–Kier alpha value is -2.24. The van der Waals surface area contributed by atoms with Crippen molar-refractivity contribution in [1.29, 1.82) is 0 Å². The molecule has 0 unspecified atom stereocenters. The lowest BCUT2D eigenvalue weighted by Crippen LogP contribution is -2.44. The average molecular weight is 347 g/mol. The van der Waals surface area contributed by atoms with E-state index in [0.717, 1.165) is 17.4 Å². The molecule has 1 aliphatic carbocycles. The molecule has 6 heteroatoms. The summed E-state index contributed by atoms with van der Waals surface area (Å²) in [6.07, 6.45) is 4.87. The van der Waals surface area contributed by atoms with Crippen molar-refractivity contribution in [3.05, 3.63) is 29.3 Å². The molecule has 0 aliphatic heterocycles. The SMILES string of the molecule is CN=C(NCc1ccc(OC)c(C(=O)OC)c1)NC1CCC(C)CC1. The van der Waals surface area contributed by atoms with Gasteiger partial charge in [0.1, 0.15) is 11.3 Å². The standard InChI is InChI=1S/C19H29N3O3/c1-13-5-8-15(9-6-13)22-19(20-2)21-12-14-7-10-17(24-3)16(11-14)18(23)25-4/h7,10-11,13,15H,5-6,8-9,12H2,1-4H3,(H2,20,21,22). The van der Waals surface area contributed by atoms with Crippen LogP contribution in [0.3, 0.4) is 0 Å². The summed E-state index contributed by atoms with van der Waals surface area (Å²) >= 11 is 0. The fourth-order valence-electron chi connectivity index (χ4n) is 3.11. The molecule has 1 aromatic carbocycles. The molecule has 0 atom stereocenters. The van der Waals surface area contributed by atoms with Crippen LogP contribution in [0.5, 0.6) is 5.75 Å². The van der Waals surface area contributed by atoms with Gasteiger partial charge in [0.25, 0.3) is 0 Å². The van der Waals surface area contributed by atoms with Gasteiger partial charge in [0.05, 0.1) is 14.2 Å². The van der Waals surface area contributed by atoms with E-state index in [9.17, 15) is 4.79 Å². The quantitative estimate of drug-likeness (QED) is 0.487. The van der Waals surface area contributed by atoms with Crippen molar-refractivity contribution in [1.82, 2.24) is 10.6 Å². The smallest absolute Gasteiger partial charge is 0.341 e. The van der Waals surface area contributed by atoms with Gasteiger partial charge in [0.2, 0.25) is 0 Å². The zero-order valence-corrected chi connectivity index (χ0v) is 15.6. The highest BCUT2D eigenvalue weighted by atomic mass is 16.5. The number of benzene rings is 1. The number of nitrogens with zero attached hydrogens (tertiary/aromatic N) is 1. The van der Waals surface area contributed by atoms with Crippen molar-refractivity contribution in [3.8, 4) is 5.75 Å². The number of esters is 1. The summed E-state index contributed by atoms with van der Waals surface area (Å²) in [4.78, 5) is 16.2. The van der Waals surface area contributed by atoms with Gasteiger partial charge >= 0.3 is 5.97 Å². The summed E-state index contributed by atoms with van der Waals surface area (Å²) in [5.41, 5.74) is 1.38. The Morgan fingerprint density at radius 2 is 1.96 bits per heavy atom. The molecule has 0 bridgehead atoms. The van der Waals surface area contributed by atoms with Crippen LogP contribution in [-0.2, 0) is 11.3 Å². The molecule has 0 radical (unpaired) electrons. The Bertz CT molecular complexity index is 608. The maximum absolute atomic E-state index is 11.9. The normalized spacial score (nSPS) is 20.7. The third-order valence-electron chi connectivity index (χ3n) is 4.71. The predicted octanol–water partition coefficient (Wildman–Crippen LogP) is 2.73. The second-order valence-electron chi connectivity index (χ2n) is 6.55. The first-order valence-corrected chi connectivity index (χ1v) is 8.79. The molecule has 1 saturated carbocycles. The van der Waals surface area contributed by atoms with Gasteiger partial charge in [-0.25, -0.2) is 4.79 Å². The van der Waals surface area contributed by atoms with Crippen LogP contribution in [0, 0.1) is 5.92 Å². The number of nitrogens with one attached hydrogen (secondary N) is 2. The molecule has 138 valence electrons. The first-order chi connectivity index (χ1) is 12.1. The molecule has 6 nitrogen and oxygen atoms in total. The number of carbonyl (C=O) groups is 1. The van der Waals surface area contributed by atoms with E-state index in [-0.39, 0.29) is 0 Å². The van der Waals surface area contributed by atoms with E-state index < -0.39 is 5.97 Å². The highest BCUT2D eigenvalue weighted by Gasteiger charge is 2.19. The van der Waals surface area contributed by atoms with Crippen LogP contribution >= 0.6 is 0 Å². The van der Waals surface area contributed by atoms with E-state index in [1.54, 1.807) is 19.2 Å². The zero-order chi connectivity index (χ0) is 18.2. The zero-order valence-electron chi connectivity index (χ0n) is 15.6. The number of methoxy groups -OCH3 is 2. The van der Waals surface area contributed by atoms with Crippen molar-refractivity contribution in [2.45, 2.75) is 45.2 Å². The predicted molar refractivity (Wildman–Crippen MR) is 99.1 cm³/mol. The number of guanidine groups is 1. The topological polar surface area (TPSA) is 72.0 Å². The number of aliphatic imine (C=N–C) groups is 1. The van der Waals surface area contributed by atoms with Crippen LogP contribution < -0.4 is 15.4 Å². The minimum Gasteiger partial charge on any atom is -0.496 e. The van der Waals surface area contributed by atoms with Gasteiger partial charge < -0.3 is 20.1 Å². The Morgan fingerprint density at radius 3 is 2.56 bits per heavy atom. The fourth-order valence-corrected chi connectivity index (χ4v) is 3.11. The maximum atomic E-state index is 11.9. The minimum absolute atomic E-state index is 0.405. The number of hydrogen-bond acceptors (Lipinski definition) is 4. The molecule has 25 heavy (non-hydrogen) atoms. The summed E-state index contributed by atoms with van der Waals surface area (Å²) in [5.74, 6) is 1.71. The van der Waals surface area contributed by atoms with Crippen LogP contribution in [0.1, 0.15) is 48.5 Å². The Balaban J connectivity index is 1.96. The van der Waals surface area contributed by atoms with Crippen LogP contribution in [0.2, 0.25) is 0 Å². The molecule has 1 fully saturated rings. The first kappa shape index (κ1) is 19.1. The molecular formula is C19H29N3O3. The van der Waals surface area contributed by atoms with E-state index >= 15 is 0 Å². The van der Waals surface area contributed by atoms with Gasteiger partial charge in [-0.3, -0.25) is 4.99 Å². The minimum atomic E-state index is -0.405. The van der Waals surface area contributed by atoms with Gasteiger partial charge in [0, 0.05) is 19.6 Å². The monoisotopic (exact) mass is 347 g/mol. The van der Waals surface area contributed by atoms with Crippen LogP contribution in [0.25, 0.3) is 0 Å².